The lowest BCUT2D eigenvalue weighted by molar-refractivity contribution is 0.454. The second-order valence-corrected chi connectivity index (χ2v) is 2.48. The van der Waals surface area contributed by atoms with Crippen LogP contribution in [0.2, 0.25) is 0 Å². The van der Waals surface area contributed by atoms with Gasteiger partial charge in [-0.15, -0.1) is 0 Å². The van der Waals surface area contributed by atoms with Crippen LogP contribution in [0.3, 0.4) is 0 Å². The summed E-state index contributed by atoms with van der Waals surface area (Å²) in [5.41, 5.74) is -0.317. The highest BCUT2D eigenvalue weighted by Gasteiger charge is 2.16. The zero-order chi connectivity index (χ0) is 6.91. The molecule has 0 atom stereocenters. The molecule has 1 aliphatic rings. The molecule has 1 aliphatic heterocycles. The van der Waals surface area contributed by atoms with Gasteiger partial charge >= 0.3 is 0 Å². The molecule has 0 spiro atoms. The fourth-order valence-electron chi connectivity index (χ4n) is 0.672. The molecule has 0 saturated heterocycles. The van der Waals surface area contributed by atoms with E-state index in [-0.39, 0.29) is 5.66 Å². The molecule has 0 radical (unpaired) electrons. The smallest absolute Gasteiger partial charge is 0.190 e. The van der Waals surface area contributed by atoms with Gasteiger partial charge in [-0.05, 0) is 13.8 Å². The molecule has 0 fully saturated rings. The van der Waals surface area contributed by atoms with Crippen molar-refractivity contribution in [2.75, 3.05) is 0 Å². The minimum absolute atomic E-state index is 0.317. The van der Waals surface area contributed by atoms with Crippen LogP contribution in [0, 0.1) is 0 Å². The van der Waals surface area contributed by atoms with Gasteiger partial charge in [0.1, 0.15) is 0 Å². The third-order valence-electron chi connectivity index (χ3n) is 1.02. The highest BCUT2D eigenvalue weighted by atomic mass is 16.5. The Hall–Kier alpha value is -0.860. The lowest BCUT2D eigenvalue weighted by Crippen LogP contribution is -2.21. The zero-order valence-electron chi connectivity index (χ0n) is 5.88. The van der Waals surface area contributed by atoms with Crippen LogP contribution in [0.15, 0.2) is 9.98 Å². The average molecular weight is 126 g/mol. The average Bonchev–Trinajstić information content (AvgIpc) is 1.60. The molecule has 0 aromatic rings. The van der Waals surface area contributed by atoms with Crippen molar-refractivity contribution in [1.82, 2.24) is 0 Å². The van der Waals surface area contributed by atoms with E-state index in [0.717, 1.165) is 0 Å². The molecular formula is C6H10N2O. The van der Waals surface area contributed by atoms with Crippen LogP contribution in [0.1, 0.15) is 20.8 Å². The van der Waals surface area contributed by atoms with Crippen molar-refractivity contribution >= 4 is 12.3 Å². The lowest BCUT2D eigenvalue weighted by Gasteiger charge is -2.17. The number of aliphatic imine (C=N–C) groups is 2. The predicted octanol–water partition coefficient (Wildman–Crippen LogP) is 1.20. The van der Waals surface area contributed by atoms with E-state index in [2.05, 4.69) is 9.98 Å². The van der Waals surface area contributed by atoms with Gasteiger partial charge in [-0.3, -0.25) is 0 Å². The van der Waals surface area contributed by atoms with E-state index in [1.54, 1.807) is 0 Å². The van der Waals surface area contributed by atoms with Crippen LogP contribution in [0.25, 0.3) is 0 Å². The van der Waals surface area contributed by atoms with Crippen LogP contribution in [0.5, 0.6) is 0 Å². The van der Waals surface area contributed by atoms with Gasteiger partial charge < -0.3 is 4.74 Å². The molecule has 1 heterocycles. The summed E-state index contributed by atoms with van der Waals surface area (Å²) in [7, 11) is 0. The largest absolute Gasteiger partial charge is 0.432 e. The van der Waals surface area contributed by atoms with Crippen molar-refractivity contribution in [2.45, 2.75) is 26.4 Å². The topological polar surface area (TPSA) is 34.0 Å². The first kappa shape index (κ1) is 6.26. The molecule has 0 N–H and O–H groups in total. The molecule has 50 valence electrons. The Morgan fingerprint density at radius 1 is 1.56 bits per heavy atom. The zero-order valence-corrected chi connectivity index (χ0v) is 5.88. The molecule has 0 aromatic heterocycles. The summed E-state index contributed by atoms with van der Waals surface area (Å²) in [4.78, 5) is 8.09. The molecule has 3 heteroatoms. The van der Waals surface area contributed by atoms with Gasteiger partial charge in [-0.2, -0.15) is 0 Å². The van der Waals surface area contributed by atoms with E-state index in [1.165, 1.54) is 6.40 Å². The van der Waals surface area contributed by atoms with Crippen molar-refractivity contribution < 1.29 is 4.74 Å². The van der Waals surface area contributed by atoms with E-state index >= 15 is 0 Å². The van der Waals surface area contributed by atoms with E-state index < -0.39 is 0 Å². The van der Waals surface area contributed by atoms with Gasteiger partial charge in [0.15, 0.2) is 18.0 Å². The first-order valence-electron chi connectivity index (χ1n) is 2.87. The number of ether oxygens (including phenoxy) is 1. The van der Waals surface area contributed by atoms with E-state index in [4.69, 9.17) is 4.74 Å². The molecule has 0 aliphatic carbocycles. The Kier molecular flexibility index (Phi) is 1.27. The maximum atomic E-state index is 4.87. The number of rotatable bonds is 0. The molecule has 9 heavy (non-hydrogen) atoms. The summed E-state index contributed by atoms with van der Waals surface area (Å²) in [6.07, 6.45) is 1.43. The van der Waals surface area contributed by atoms with Crippen LogP contribution in [-0.2, 0) is 4.74 Å². The normalized spacial score (nSPS) is 22.8. The predicted molar refractivity (Wildman–Crippen MR) is 36.8 cm³/mol. The van der Waals surface area contributed by atoms with E-state index in [9.17, 15) is 0 Å². The number of hydrogen-bond acceptors (Lipinski definition) is 3. The summed E-state index contributed by atoms with van der Waals surface area (Å²) in [5, 5.41) is 0. The number of nitrogens with zero attached hydrogens (tertiary/aromatic N) is 2. The van der Waals surface area contributed by atoms with Crippen molar-refractivity contribution in [1.29, 1.82) is 0 Å². The van der Waals surface area contributed by atoms with Crippen molar-refractivity contribution in [3.8, 4) is 0 Å². The fraction of sp³-hybridized carbons (Fsp3) is 0.667. The molecular weight excluding hydrogens is 116 g/mol. The maximum absolute atomic E-state index is 4.87. The second kappa shape index (κ2) is 1.83. The fourth-order valence-corrected chi connectivity index (χ4v) is 0.672. The maximum Gasteiger partial charge on any atom is 0.190 e. The third kappa shape index (κ3) is 1.52. The third-order valence-corrected chi connectivity index (χ3v) is 1.02. The molecule has 0 bridgehead atoms. The van der Waals surface area contributed by atoms with Gasteiger partial charge in [-0.1, -0.05) is 0 Å². The Morgan fingerprint density at radius 3 is 2.56 bits per heavy atom. The monoisotopic (exact) mass is 126 g/mol. The standard InChI is InChI=1S/C6H10N2O/c1-5-8-6(2,3)7-4-9-5/h4H,1-3H3. The van der Waals surface area contributed by atoms with Crippen LogP contribution < -0.4 is 0 Å². The lowest BCUT2D eigenvalue weighted by atomic mass is 10.3. The van der Waals surface area contributed by atoms with Gasteiger partial charge in [0, 0.05) is 6.92 Å². The highest BCUT2D eigenvalue weighted by Crippen LogP contribution is 2.13. The van der Waals surface area contributed by atoms with Gasteiger partial charge in [0.25, 0.3) is 0 Å². The summed E-state index contributed by atoms with van der Waals surface area (Å²) >= 11 is 0. The second-order valence-electron chi connectivity index (χ2n) is 2.48. The first-order valence-corrected chi connectivity index (χ1v) is 2.87. The van der Waals surface area contributed by atoms with Crippen molar-refractivity contribution in [3.63, 3.8) is 0 Å². The quantitative estimate of drug-likeness (QED) is 0.480. The molecule has 0 aromatic carbocycles. The van der Waals surface area contributed by atoms with Crippen molar-refractivity contribution in [2.24, 2.45) is 9.98 Å². The summed E-state index contributed by atoms with van der Waals surface area (Å²) in [5.74, 6) is 0.676. The highest BCUT2D eigenvalue weighted by molar-refractivity contribution is 5.82. The molecule has 0 amide bonds. The minimum atomic E-state index is -0.317. The molecule has 3 nitrogen and oxygen atoms in total. The summed E-state index contributed by atoms with van der Waals surface area (Å²) < 4.78 is 4.87. The Balaban J connectivity index is 2.78. The minimum Gasteiger partial charge on any atom is -0.432 e. The van der Waals surface area contributed by atoms with E-state index in [1.807, 2.05) is 20.8 Å². The van der Waals surface area contributed by atoms with E-state index in [0.29, 0.717) is 5.90 Å². The van der Waals surface area contributed by atoms with Gasteiger partial charge in [0.05, 0.1) is 0 Å². The summed E-state index contributed by atoms with van der Waals surface area (Å²) in [6, 6.07) is 0. The Bertz CT molecular complexity index is 170. The SMILES string of the molecule is CC1=NC(C)(C)N=CO1. The molecule has 0 saturated carbocycles. The Labute approximate surface area is 54.5 Å². The first-order chi connectivity index (χ1) is 4.10. The molecule has 0 unspecified atom stereocenters. The molecule has 1 rings (SSSR count). The number of hydrogen-bond donors (Lipinski definition) is 0. The Morgan fingerprint density at radius 2 is 2.22 bits per heavy atom. The summed E-state index contributed by atoms with van der Waals surface area (Å²) in [6.45, 7) is 5.66. The van der Waals surface area contributed by atoms with Crippen LogP contribution in [0.4, 0.5) is 0 Å². The van der Waals surface area contributed by atoms with Gasteiger partial charge in [-0.25, -0.2) is 9.98 Å². The van der Waals surface area contributed by atoms with Crippen LogP contribution >= 0.6 is 0 Å². The van der Waals surface area contributed by atoms with Crippen LogP contribution in [-0.4, -0.2) is 18.0 Å². The van der Waals surface area contributed by atoms with Crippen molar-refractivity contribution in [3.05, 3.63) is 0 Å². The van der Waals surface area contributed by atoms with Gasteiger partial charge in [0.2, 0.25) is 0 Å².